The lowest BCUT2D eigenvalue weighted by molar-refractivity contribution is 0.0945. The fourth-order valence-electron chi connectivity index (χ4n) is 2.64. The van der Waals surface area contributed by atoms with Crippen molar-refractivity contribution in [1.29, 1.82) is 0 Å². The molecule has 0 atom stereocenters. The summed E-state index contributed by atoms with van der Waals surface area (Å²) in [5.74, 6) is 0.292. The Balaban J connectivity index is 1.70. The highest BCUT2D eigenvalue weighted by Gasteiger charge is 2.13. The largest absolute Gasteiger partial charge is 0.347 e. The number of anilines is 1. The Hall–Kier alpha value is -2.92. The molecule has 0 saturated carbocycles. The van der Waals surface area contributed by atoms with Crippen LogP contribution in [0.3, 0.4) is 0 Å². The van der Waals surface area contributed by atoms with E-state index in [1.807, 2.05) is 61.3 Å². The SMILES string of the molecule is Cc1cc(C(=O)NCc2ccc(Cl)cc2)nc(N(C)Cc2ccccc2)n1. The lowest BCUT2D eigenvalue weighted by Crippen LogP contribution is -2.26. The van der Waals surface area contributed by atoms with E-state index in [2.05, 4.69) is 15.3 Å². The number of hydrogen-bond acceptors (Lipinski definition) is 4. The molecule has 0 spiro atoms. The number of benzene rings is 2. The van der Waals surface area contributed by atoms with E-state index >= 15 is 0 Å². The number of hydrogen-bond donors (Lipinski definition) is 1. The second kappa shape index (κ2) is 8.64. The first-order chi connectivity index (χ1) is 13.0. The zero-order valence-electron chi connectivity index (χ0n) is 15.3. The van der Waals surface area contributed by atoms with Gasteiger partial charge >= 0.3 is 0 Å². The number of carbonyl (C=O) groups is 1. The molecule has 0 saturated heterocycles. The van der Waals surface area contributed by atoms with Crippen molar-refractivity contribution in [2.75, 3.05) is 11.9 Å². The average Bonchev–Trinajstić information content (AvgIpc) is 2.67. The van der Waals surface area contributed by atoms with E-state index in [4.69, 9.17) is 11.6 Å². The normalized spacial score (nSPS) is 10.5. The first-order valence-electron chi connectivity index (χ1n) is 8.64. The zero-order chi connectivity index (χ0) is 19.2. The molecule has 0 bridgehead atoms. The van der Waals surface area contributed by atoms with Crippen LogP contribution in [0.1, 0.15) is 27.3 Å². The van der Waals surface area contributed by atoms with E-state index in [1.165, 1.54) is 0 Å². The van der Waals surface area contributed by atoms with Gasteiger partial charge in [0.15, 0.2) is 0 Å². The highest BCUT2D eigenvalue weighted by atomic mass is 35.5. The molecule has 0 fully saturated rings. The summed E-state index contributed by atoms with van der Waals surface area (Å²) in [5, 5.41) is 3.56. The molecule has 1 aromatic heterocycles. The number of aromatic nitrogens is 2. The average molecular weight is 381 g/mol. The van der Waals surface area contributed by atoms with Crippen molar-refractivity contribution in [2.24, 2.45) is 0 Å². The summed E-state index contributed by atoms with van der Waals surface area (Å²) in [4.78, 5) is 23.4. The Kier molecular flexibility index (Phi) is 6.04. The molecule has 27 heavy (non-hydrogen) atoms. The van der Waals surface area contributed by atoms with Gasteiger partial charge in [0.25, 0.3) is 5.91 Å². The molecule has 1 amide bonds. The summed E-state index contributed by atoms with van der Waals surface area (Å²) < 4.78 is 0. The molecule has 3 rings (SSSR count). The van der Waals surface area contributed by atoms with Crippen molar-refractivity contribution in [1.82, 2.24) is 15.3 Å². The van der Waals surface area contributed by atoms with Gasteiger partial charge in [0.1, 0.15) is 5.69 Å². The number of rotatable bonds is 6. The predicted molar refractivity (Wildman–Crippen MR) is 108 cm³/mol. The summed E-state index contributed by atoms with van der Waals surface area (Å²) in [7, 11) is 1.91. The van der Waals surface area contributed by atoms with Gasteiger partial charge in [-0.1, -0.05) is 54.1 Å². The van der Waals surface area contributed by atoms with Crippen LogP contribution in [0.4, 0.5) is 5.95 Å². The number of nitrogens with zero attached hydrogens (tertiary/aromatic N) is 3. The lowest BCUT2D eigenvalue weighted by atomic mass is 10.2. The van der Waals surface area contributed by atoms with Gasteiger partial charge in [-0.2, -0.15) is 0 Å². The topological polar surface area (TPSA) is 58.1 Å². The minimum Gasteiger partial charge on any atom is -0.347 e. The van der Waals surface area contributed by atoms with Crippen LogP contribution in [0.5, 0.6) is 0 Å². The van der Waals surface area contributed by atoms with Crippen molar-refractivity contribution in [3.63, 3.8) is 0 Å². The van der Waals surface area contributed by atoms with E-state index in [1.54, 1.807) is 18.2 Å². The van der Waals surface area contributed by atoms with Gasteiger partial charge in [0.05, 0.1) is 0 Å². The summed E-state index contributed by atoms with van der Waals surface area (Å²) in [6.07, 6.45) is 0. The first kappa shape index (κ1) is 18.9. The van der Waals surface area contributed by atoms with Crippen molar-refractivity contribution < 1.29 is 4.79 Å². The fourth-order valence-corrected chi connectivity index (χ4v) is 2.77. The van der Waals surface area contributed by atoms with Gasteiger partial charge < -0.3 is 10.2 Å². The molecule has 3 aromatic rings. The predicted octanol–water partition coefficient (Wildman–Crippen LogP) is 4.00. The van der Waals surface area contributed by atoms with Crippen molar-refractivity contribution >= 4 is 23.5 Å². The molecule has 138 valence electrons. The molecule has 1 heterocycles. The third-order valence-electron chi connectivity index (χ3n) is 4.05. The van der Waals surface area contributed by atoms with Crippen LogP contribution in [-0.2, 0) is 13.1 Å². The van der Waals surface area contributed by atoms with Crippen LogP contribution in [0.25, 0.3) is 0 Å². The highest BCUT2D eigenvalue weighted by Crippen LogP contribution is 2.13. The van der Waals surface area contributed by atoms with Gasteiger partial charge in [0.2, 0.25) is 5.95 Å². The number of halogens is 1. The quantitative estimate of drug-likeness (QED) is 0.702. The smallest absolute Gasteiger partial charge is 0.270 e. The Morgan fingerprint density at radius 2 is 1.74 bits per heavy atom. The number of carbonyl (C=O) groups excluding carboxylic acids is 1. The molecule has 6 heteroatoms. The summed E-state index contributed by atoms with van der Waals surface area (Å²) >= 11 is 5.88. The van der Waals surface area contributed by atoms with Crippen LogP contribution in [0.2, 0.25) is 5.02 Å². The summed E-state index contributed by atoms with van der Waals surface area (Å²) in [6.45, 7) is 2.93. The van der Waals surface area contributed by atoms with Crippen molar-refractivity contribution in [2.45, 2.75) is 20.0 Å². The highest BCUT2D eigenvalue weighted by molar-refractivity contribution is 6.30. The molecule has 5 nitrogen and oxygen atoms in total. The standard InChI is InChI=1S/C21H21ClN4O/c1-15-12-19(20(27)23-13-16-8-10-18(22)11-9-16)25-21(24-15)26(2)14-17-6-4-3-5-7-17/h3-12H,13-14H2,1-2H3,(H,23,27). The van der Waals surface area contributed by atoms with Gasteiger partial charge in [-0.05, 0) is 36.2 Å². The monoisotopic (exact) mass is 380 g/mol. The van der Waals surface area contributed by atoms with E-state index < -0.39 is 0 Å². The molecule has 0 aliphatic carbocycles. The Labute approximate surface area is 164 Å². The van der Waals surface area contributed by atoms with E-state index in [0.29, 0.717) is 29.8 Å². The van der Waals surface area contributed by atoms with Gasteiger partial charge in [0, 0.05) is 30.9 Å². The van der Waals surface area contributed by atoms with Crippen LogP contribution >= 0.6 is 11.6 Å². The second-order valence-corrected chi connectivity index (χ2v) is 6.78. The molecule has 2 aromatic carbocycles. The molecule has 1 N–H and O–H groups in total. The lowest BCUT2D eigenvalue weighted by Gasteiger charge is -2.18. The van der Waals surface area contributed by atoms with E-state index in [0.717, 1.165) is 16.8 Å². The summed E-state index contributed by atoms with van der Waals surface area (Å²) in [5.41, 5.74) is 3.22. The third-order valence-corrected chi connectivity index (χ3v) is 4.30. The van der Waals surface area contributed by atoms with Crippen LogP contribution in [0, 0.1) is 6.92 Å². The van der Waals surface area contributed by atoms with Crippen LogP contribution in [0.15, 0.2) is 60.7 Å². The minimum atomic E-state index is -0.232. The number of aryl methyl sites for hydroxylation is 1. The zero-order valence-corrected chi connectivity index (χ0v) is 16.1. The molecular formula is C21H21ClN4O. The molecule has 0 radical (unpaired) electrons. The maximum atomic E-state index is 12.5. The Bertz CT molecular complexity index is 913. The fraction of sp³-hybridized carbons (Fsp3) is 0.190. The third kappa shape index (κ3) is 5.28. The summed E-state index contributed by atoms with van der Waals surface area (Å²) in [6, 6.07) is 19.1. The molecular weight excluding hydrogens is 360 g/mol. The van der Waals surface area contributed by atoms with Gasteiger partial charge in [-0.15, -0.1) is 0 Å². The number of nitrogens with one attached hydrogen (secondary N) is 1. The van der Waals surface area contributed by atoms with Crippen molar-refractivity contribution in [3.8, 4) is 0 Å². The molecule has 0 aliphatic heterocycles. The maximum absolute atomic E-state index is 12.5. The first-order valence-corrected chi connectivity index (χ1v) is 9.02. The Morgan fingerprint density at radius 1 is 1.04 bits per heavy atom. The van der Waals surface area contributed by atoms with E-state index in [9.17, 15) is 4.79 Å². The van der Waals surface area contributed by atoms with Gasteiger partial charge in [-0.25, -0.2) is 9.97 Å². The van der Waals surface area contributed by atoms with Crippen molar-refractivity contribution in [3.05, 3.63) is 88.2 Å². The number of amides is 1. The van der Waals surface area contributed by atoms with Crippen LogP contribution < -0.4 is 10.2 Å². The molecule has 0 aliphatic rings. The van der Waals surface area contributed by atoms with E-state index in [-0.39, 0.29) is 5.91 Å². The van der Waals surface area contributed by atoms with Gasteiger partial charge in [-0.3, -0.25) is 4.79 Å². The molecule has 0 unspecified atom stereocenters. The Morgan fingerprint density at radius 3 is 2.44 bits per heavy atom. The maximum Gasteiger partial charge on any atom is 0.270 e. The van der Waals surface area contributed by atoms with Crippen LogP contribution in [-0.4, -0.2) is 22.9 Å². The minimum absolute atomic E-state index is 0.232. The second-order valence-electron chi connectivity index (χ2n) is 6.35.